The normalized spacial score (nSPS) is 13.6. The Morgan fingerprint density at radius 3 is 2.85 bits per heavy atom. The number of aryl methyl sites for hydroxylation is 1. The van der Waals surface area contributed by atoms with Crippen molar-refractivity contribution in [3.05, 3.63) is 54.0 Å². The summed E-state index contributed by atoms with van der Waals surface area (Å²) in [6, 6.07) is 11.8. The van der Waals surface area contributed by atoms with Gasteiger partial charge < -0.3 is 20.0 Å². The Morgan fingerprint density at radius 2 is 2.08 bits per heavy atom. The average Bonchev–Trinajstić information content (AvgIpc) is 3.17. The number of hydrogen-bond acceptors (Lipinski definition) is 3. The van der Waals surface area contributed by atoms with Crippen molar-refractivity contribution >= 4 is 41.5 Å². The molecule has 0 spiro atoms. The van der Waals surface area contributed by atoms with E-state index in [0.717, 1.165) is 37.4 Å². The van der Waals surface area contributed by atoms with Crippen LogP contribution in [0.4, 0.5) is 5.69 Å². The molecule has 2 N–H and O–H groups in total. The largest absolute Gasteiger partial charge is 0.467 e. The number of benzene rings is 1. The lowest BCUT2D eigenvalue weighted by Crippen LogP contribution is -2.40. The number of anilines is 1. The summed E-state index contributed by atoms with van der Waals surface area (Å²) in [5.41, 5.74) is 2.25. The third-order valence-corrected chi connectivity index (χ3v) is 4.14. The molecular weight excluding hydrogens is 443 g/mol. The summed E-state index contributed by atoms with van der Waals surface area (Å²) < 4.78 is 5.30. The number of halogens is 1. The maximum absolute atomic E-state index is 12.6. The Hall–Kier alpha value is -2.03. The summed E-state index contributed by atoms with van der Waals surface area (Å²) >= 11 is 0. The first-order valence-corrected chi connectivity index (χ1v) is 8.70. The van der Waals surface area contributed by atoms with Crippen LogP contribution in [0.5, 0.6) is 0 Å². The van der Waals surface area contributed by atoms with Crippen molar-refractivity contribution in [2.75, 3.05) is 24.5 Å². The molecule has 0 aliphatic carbocycles. The third-order valence-electron chi connectivity index (χ3n) is 4.14. The lowest BCUT2D eigenvalue weighted by atomic mass is 10.0. The minimum Gasteiger partial charge on any atom is -0.467 e. The van der Waals surface area contributed by atoms with E-state index in [4.69, 9.17) is 4.42 Å². The zero-order valence-corrected chi connectivity index (χ0v) is 17.2. The molecule has 1 aliphatic rings. The molecule has 1 aliphatic heterocycles. The number of rotatable bonds is 5. The summed E-state index contributed by atoms with van der Waals surface area (Å²) in [5.74, 6) is 1.45. The minimum absolute atomic E-state index is 0. The van der Waals surface area contributed by atoms with Crippen LogP contribution in [0.15, 0.2) is 52.1 Å². The SMILES string of the molecule is CCNC(=NCC(=O)N1CCCc2ccccc21)NCc1ccco1.I. The van der Waals surface area contributed by atoms with Crippen LogP contribution in [-0.2, 0) is 17.8 Å². The van der Waals surface area contributed by atoms with Crippen LogP contribution in [0, 0.1) is 0 Å². The number of carbonyl (C=O) groups excluding carboxylic acids is 1. The second kappa shape index (κ2) is 10.2. The monoisotopic (exact) mass is 468 g/mol. The smallest absolute Gasteiger partial charge is 0.248 e. The van der Waals surface area contributed by atoms with Crippen molar-refractivity contribution < 1.29 is 9.21 Å². The molecule has 2 aromatic rings. The predicted octanol–water partition coefficient (Wildman–Crippen LogP) is 2.93. The summed E-state index contributed by atoms with van der Waals surface area (Å²) in [5, 5.41) is 6.32. The Balaban J connectivity index is 0.00000243. The average molecular weight is 468 g/mol. The van der Waals surface area contributed by atoms with Crippen LogP contribution in [-0.4, -0.2) is 31.5 Å². The van der Waals surface area contributed by atoms with Crippen LogP contribution in [0.1, 0.15) is 24.7 Å². The van der Waals surface area contributed by atoms with Crippen molar-refractivity contribution in [1.82, 2.24) is 10.6 Å². The summed E-state index contributed by atoms with van der Waals surface area (Å²) in [6.07, 6.45) is 3.65. The van der Waals surface area contributed by atoms with Gasteiger partial charge in [0.25, 0.3) is 0 Å². The van der Waals surface area contributed by atoms with E-state index in [0.29, 0.717) is 12.5 Å². The van der Waals surface area contributed by atoms with Gasteiger partial charge in [-0.3, -0.25) is 4.79 Å². The number of nitrogens with one attached hydrogen (secondary N) is 2. The number of hydrogen-bond donors (Lipinski definition) is 2. The molecule has 26 heavy (non-hydrogen) atoms. The molecule has 6 nitrogen and oxygen atoms in total. The zero-order chi connectivity index (χ0) is 17.5. The molecule has 1 aromatic heterocycles. The van der Waals surface area contributed by atoms with Gasteiger partial charge in [-0.1, -0.05) is 18.2 Å². The highest BCUT2D eigenvalue weighted by Crippen LogP contribution is 2.26. The first kappa shape index (κ1) is 20.3. The number of amides is 1. The highest BCUT2D eigenvalue weighted by molar-refractivity contribution is 14.0. The van der Waals surface area contributed by atoms with E-state index >= 15 is 0 Å². The van der Waals surface area contributed by atoms with Crippen molar-refractivity contribution in [2.45, 2.75) is 26.3 Å². The van der Waals surface area contributed by atoms with Gasteiger partial charge in [0.2, 0.25) is 5.91 Å². The lowest BCUT2D eigenvalue weighted by Gasteiger charge is -2.29. The number of furan rings is 1. The third kappa shape index (κ3) is 5.23. The molecule has 1 amide bonds. The molecule has 7 heteroatoms. The zero-order valence-electron chi connectivity index (χ0n) is 14.9. The van der Waals surface area contributed by atoms with E-state index in [2.05, 4.69) is 21.7 Å². The van der Waals surface area contributed by atoms with Gasteiger partial charge in [-0.05, 0) is 43.5 Å². The van der Waals surface area contributed by atoms with E-state index in [9.17, 15) is 4.79 Å². The number of fused-ring (bicyclic) bond motifs is 1. The van der Waals surface area contributed by atoms with Crippen LogP contribution in [0.2, 0.25) is 0 Å². The van der Waals surface area contributed by atoms with Crippen LogP contribution in [0.3, 0.4) is 0 Å². The Bertz CT molecular complexity index is 731. The standard InChI is InChI=1S/C19H24N4O2.HI/c1-2-20-19(21-13-16-9-6-12-25-16)22-14-18(24)23-11-5-8-15-7-3-4-10-17(15)23;/h3-4,6-7,9-10,12H,2,5,8,11,13-14H2,1H3,(H2,20,21,22);1H. The Morgan fingerprint density at radius 1 is 1.23 bits per heavy atom. The second-order valence-corrected chi connectivity index (χ2v) is 5.91. The summed E-state index contributed by atoms with van der Waals surface area (Å²) in [6.45, 7) is 4.11. The highest BCUT2D eigenvalue weighted by Gasteiger charge is 2.21. The fourth-order valence-electron chi connectivity index (χ4n) is 2.95. The highest BCUT2D eigenvalue weighted by atomic mass is 127. The summed E-state index contributed by atoms with van der Waals surface area (Å²) in [7, 11) is 0. The van der Waals surface area contributed by atoms with Crippen molar-refractivity contribution in [2.24, 2.45) is 4.99 Å². The molecule has 0 radical (unpaired) electrons. The number of nitrogens with zero attached hydrogens (tertiary/aromatic N) is 2. The molecule has 0 saturated heterocycles. The molecule has 3 rings (SSSR count). The van der Waals surface area contributed by atoms with E-state index < -0.39 is 0 Å². The van der Waals surface area contributed by atoms with Gasteiger partial charge in [0.1, 0.15) is 12.3 Å². The number of para-hydroxylation sites is 1. The molecule has 0 saturated carbocycles. The molecule has 1 aromatic carbocycles. The van der Waals surface area contributed by atoms with Crippen LogP contribution >= 0.6 is 24.0 Å². The molecule has 0 fully saturated rings. The van der Waals surface area contributed by atoms with Crippen molar-refractivity contribution in [1.29, 1.82) is 0 Å². The first-order chi connectivity index (χ1) is 12.3. The fraction of sp³-hybridized carbons (Fsp3) is 0.368. The number of guanidine groups is 1. The summed E-state index contributed by atoms with van der Waals surface area (Å²) in [4.78, 5) is 18.9. The molecular formula is C19H25IN4O2. The van der Waals surface area contributed by atoms with Gasteiger partial charge >= 0.3 is 0 Å². The molecule has 0 atom stereocenters. The quantitative estimate of drug-likeness (QED) is 0.402. The van der Waals surface area contributed by atoms with E-state index in [-0.39, 0.29) is 36.4 Å². The topological polar surface area (TPSA) is 69.9 Å². The van der Waals surface area contributed by atoms with Gasteiger partial charge in [-0.25, -0.2) is 4.99 Å². The van der Waals surface area contributed by atoms with Gasteiger partial charge in [0, 0.05) is 18.8 Å². The Labute approximate surface area is 171 Å². The lowest BCUT2D eigenvalue weighted by molar-refractivity contribution is -0.117. The van der Waals surface area contributed by atoms with Gasteiger partial charge in [-0.2, -0.15) is 0 Å². The maximum Gasteiger partial charge on any atom is 0.248 e. The molecule has 0 unspecified atom stereocenters. The van der Waals surface area contributed by atoms with Gasteiger partial charge in [0.15, 0.2) is 5.96 Å². The number of aliphatic imine (C=N–C) groups is 1. The van der Waals surface area contributed by atoms with Gasteiger partial charge in [-0.15, -0.1) is 24.0 Å². The van der Waals surface area contributed by atoms with Gasteiger partial charge in [0.05, 0.1) is 12.8 Å². The van der Waals surface area contributed by atoms with Crippen molar-refractivity contribution in [3.63, 3.8) is 0 Å². The second-order valence-electron chi connectivity index (χ2n) is 5.91. The fourth-order valence-corrected chi connectivity index (χ4v) is 2.95. The van der Waals surface area contributed by atoms with Crippen LogP contribution in [0.25, 0.3) is 0 Å². The minimum atomic E-state index is 0. The predicted molar refractivity (Wildman–Crippen MR) is 114 cm³/mol. The first-order valence-electron chi connectivity index (χ1n) is 8.70. The number of carbonyl (C=O) groups is 1. The van der Waals surface area contributed by atoms with Crippen LogP contribution < -0.4 is 15.5 Å². The maximum atomic E-state index is 12.6. The van der Waals surface area contributed by atoms with E-state index in [1.807, 2.05) is 42.2 Å². The molecule has 0 bridgehead atoms. The van der Waals surface area contributed by atoms with Crippen molar-refractivity contribution in [3.8, 4) is 0 Å². The molecule has 140 valence electrons. The van der Waals surface area contributed by atoms with E-state index in [1.54, 1.807) is 6.26 Å². The van der Waals surface area contributed by atoms with E-state index in [1.165, 1.54) is 5.56 Å². The Kier molecular flexibility index (Phi) is 7.96. The molecule has 2 heterocycles.